The fourth-order valence-electron chi connectivity index (χ4n) is 2.38. The topological polar surface area (TPSA) is 108 Å². The summed E-state index contributed by atoms with van der Waals surface area (Å²) in [6.45, 7) is 2.55. The average Bonchev–Trinajstić information content (AvgIpc) is 2.76. The first-order valence-corrected chi connectivity index (χ1v) is 6.56. The highest BCUT2D eigenvalue weighted by Gasteiger charge is 2.42. The molecule has 8 heteroatoms. The summed E-state index contributed by atoms with van der Waals surface area (Å²) in [6, 6.07) is -0.218. The van der Waals surface area contributed by atoms with E-state index in [1.54, 1.807) is 11.8 Å². The van der Waals surface area contributed by atoms with Crippen molar-refractivity contribution in [2.75, 3.05) is 26.2 Å². The zero-order valence-corrected chi connectivity index (χ0v) is 11.3. The van der Waals surface area contributed by atoms with Gasteiger partial charge in [0.05, 0.1) is 13.1 Å². The molecule has 2 heterocycles. The molecule has 2 aliphatic heterocycles. The molecule has 0 aliphatic carbocycles. The number of nitrogens with one attached hydrogen (secondary N) is 2. The minimum absolute atomic E-state index is 0.00220. The first kappa shape index (κ1) is 14.6. The number of likely N-dealkylation sites (tertiary alicyclic amines) is 1. The summed E-state index contributed by atoms with van der Waals surface area (Å²) in [5, 5.41) is 14.1. The molecule has 0 aromatic heterocycles. The number of hydrogen-bond donors (Lipinski definition) is 3. The third-order valence-corrected chi connectivity index (χ3v) is 3.47. The summed E-state index contributed by atoms with van der Waals surface area (Å²) < 4.78 is 5.22. The van der Waals surface area contributed by atoms with Crippen LogP contribution in [0.5, 0.6) is 0 Å². The van der Waals surface area contributed by atoms with Crippen LogP contribution in [0.25, 0.3) is 0 Å². The molecule has 20 heavy (non-hydrogen) atoms. The molecule has 1 unspecified atom stereocenters. The Hall–Kier alpha value is -1.83. The summed E-state index contributed by atoms with van der Waals surface area (Å²) in [4.78, 5) is 34.8. The third-order valence-electron chi connectivity index (χ3n) is 3.47. The Morgan fingerprint density at radius 3 is 2.80 bits per heavy atom. The number of rotatable bonds is 5. The zero-order valence-electron chi connectivity index (χ0n) is 11.3. The van der Waals surface area contributed by atoms with Gasteiger partial charge in [0.1, 0.15) is 12.2 Å². The second-order valence-corrected chi connectivity index (χ2v) is 5.48. The van der Waals surface area contributed by atoms with Crippen LogP contribution in [0.4, 0.5) is 4.79 Å². The smallest absolute Gasteiger partial charge is 0.329 e. The van der Waals surface area contributed by atoms with Crippen LogP contribution in [0.3, 0.4) is 0 Å². The Morgan fingerprint density at radius 2 is 2.25 bits per heavy atom. The van der Waals surface area contributed by atoms with Crippen LogP contribution >= 0.6 is 0 Å². The largest absolute Gasteiger partial charge is 0.480 e. The van der Waals surface area contributed by atoms with E-state index in [1.807, 2.05) is 0 Å². The van der Waals surface area contributed by atoms with Gasteiger partial charge in [-0.2, -0.15) is 0 Å². The van der Waals surface area contributed by atoms with Crippen molar-refractivity contribution in [3.8, 4) is 0 Å². The molecule has 0 bridgehead atoms. The van der Waals surface area contributed by atoms with Gasteiger partial charge in [-0.05, 0) is 13.3 Å². The monoisotopic (exact) mass is 285 g/mol. The number of carboxylic acid groups (broad SMARTS) is 1. The normalized spacial score (nSPS) is 23.9. The van der Waals surface area contributed by atoms with Crippen molar-refractivity contribution in [1.82, 2.24) is 15.5 Å². The molecule has 112 valence electrons. The number of carboxylic acids is 1. The minimum Gasteiger partial charge on any atom is -0.480 e. The van der Waals surface area contributed by atoms with Crippen LogP contribution in [0.2, 0.25) is 0 Å². The van der Waals surface area contributed by atoms with Crippen molar-refractivity contribution in [2.45, 2.75) is 31.4 Å². The number of carbonyl (C=O) groups is 3. The quantitative estimate of drug-likeness (QED) is 0.610. The van der Waals surface area contributed by atoms with E-state index in [0.717, 1.165) is 6.42 Å². The van der Waals surface area contributed by atoms with E-state index in [9.17, 15) is 14.4 Å². The minimum atomic E-state index is -1.02. The van der Waals surface area contributed by atoms with E-state index in [1.165, 1.54) is 0 Å². The molecule has 1 atom stereocenters. The van der Waals surface area contributed by atoms with Gasteiger partial charge in [0.2, 0.25) is 5.91 Å². The Balaban J connectivity index is 1.65. The number of urea groups is 1. The molecule has 2 aliphatic rings. The summed E-state index contributed by atoms with van der Waals surface area (Å²) in [6.07, 6.45) is 1.24. The van der Waals surface area contributed by atoms with Crippen LogP contribution in [0.1, 0.15) is 19.8 Å². The maximum atomic E-state index is 11.8. The van der Waals surface area contributed by atoms with Crippen LogP contribution in [-0.4, -0.2) is 65.8 Å². The second kappa shape index (κ2) is 5.66. The van der Waals surface area contributed by atoms with Crippen molar-refractivity contribution in [3.63, 3.8) is 0 Å². The predicted octanol–water partition coefficient (Wildman–Crippen LogP) is -0.850. The van der Waals surface area contributed by atoms with Gasteiger partial charge in [0, 0.05) is 19.0 Å². The molecular formula is C12H19N3O5. The molecule has 0 saturated carbocycles. The first-order chi connectivity index (χ1) is 9.38. The van der Waals surface area contributed by atoms with E-state index < -0.39 is 11.6 Å². The number of ether oxygens (including phenoxy) is 1. The number of amides is 3. The van der Waals surface area contributed by atoms with E-state index in [2.05, 4.69) is 10.6 Å². The Morgan fingerprint density at radius 1 is 1.55 bits per heavy atom. The highest BCUT2D eigenvalue weighted by molar-refractivity contribution is 5.79. The van der Waals surface area contributed by atoms with Crippen molar-refractivity contribution in [2.24, 2.45) is 0 Å². The SMILES string of the molecule is CC1(OCC(=O)O)CN(C(=O)NCC2CCC(=O)N2)C1. The van der Waals surface area contributed by atoms with Crippen LogP contribution in [-0.2, 0) is 14.3 Å². The molecule has 2 rings (SSSR count). The molecule has 3 amide bonds. The molecule has 0 spiro atoms. The molecule has 2 fully saturated rings. The highest BCUT2D eigenvalue weighted by Crippen LogP contribution is 2.24. The molecule has 3 N–H and O–H groups in total. The van der Waals surface area contributed by atoms with Crippen LogP contribution in [0, 0.1) is 0 Å². The Kier molecular flexibility index (Phi) is 4.12. The fourth-order valence-corrected chi connectivity index (χ4v) is 2.38. The van der Waals surface area contributed by atoms with Gasteiger partial charge in [0.15, 0.2) is 0 Å². The fraction of sp³-hybridized carbons (Fsp3) is 0.750. The van der Waals surface area contributed by atoms with E-state index in [-0.39, 0.29) is 24.6 Å². The van der Waals surface area contributed by atoms with Gasteiger partial charge in [-0.15, -0.1) is 0 Å². The standard InChI is InChI=1S/C12H19N3O5/c1-12(20-5-10(17)18)6-15(7-12)11(19)13-4-8-2-3-9(16)14-8/h8H,2-7H2,1H3,(H,13,19)(H,14,16)(H,17,18). The van der Waals surface area contributed by atoms with Crippen molar-refractivity contribution < 1.29 is 24.2 Å². The van der Waals surface area contributed by atoms with Crippen molar-refractivity contribution in [1.29, 1.82) is 0 Å². The van der Waals surface area contributed by atoms with Gasteiger partial charge in [-0.1, -0.05) is 0 Å². The maximum absolute atomic E-state index is 11.8. The summed E-state index contributed by atoms with van der Waals surface area (Å²) in [5.74, 6) is -1.01. The highest BCUT2D eigenvalue weighted by atomic mass is 16.5. The number of carbonyl (C=O) groups excluding carboxylic acids is 2. The van der Waals surface area contributed by atoms with Crippen LogP contribution in [0.15, 0.2) is 0 Å². The number of nitrogens with zero attached hydrogens (tertiary/aromatic N) is 1. The Bertz CT molecular complexity index is 419. The summed E-state index contributed by atoms with van der Waals surface area (Å²) in [5.41, 5.74) is -0.586. The maximum Gasteiger partial charge on any atom is 0.329 e. The molecule has 0 aromatic carbocycles. The lowest BCUT2D eigenvalue weighted by Crippen LogP contribution is -2.65. The number of hydrogen-bond acceptors (Lipinski definition) is 4. The lowest BCUT2D eigenvalue weighted by molar-refractivity contribution is -0.159. The number of aliphatic carboxylic acids is 1. The van der Waals surface area contributed by atoms with Gasteiger partial charge >= 0.3 is 12.0 Å². The van der Waals surface area contributed by atoms with Gasteiger partial charge in [-0.25, -0.2) is 9.59 Å². The molecule has 0 aromatic rings. The zero-order chi connectivity index (χ0) is 14.8. The molecule has 8 nitrogen and oxygen atoms in total. The average molecular weight is 285 g/mol. The van der Waals surface area contributed by atoms with Crippen molar-refractivity contribution >= 4 is 17.9 Å². The summed E-state index contributed by atoms with van der Waals surface area (Å²) >= 11 is 0. The molecule has 2 saturated heterocycles. The lowest BCUT2D eigenvalue weighted by Gasteiger charge is -2.47. The van der Waals surface area contributed by atoms with Crippen molar-refractivity contribution in [3.05, 3.63) is 0 Å². The lowest BCUT2D eigenvalue weighted by atomic mass is 9.97. The first-order valence-electron chi connectivity index (χ1n) is 6.56. The van der Waals surface area contributed by atoms with Gasteiger partial charge < -0.3 is 25.4 Å². The summed E-state index contributed by atoms with van der Waals surface area (Å²) in [7, 11) is 0. The van der Waals surface area contributed by atoms with E-state index in [4.69, 9.17) is 9.84 Å². The van der Waals surface area contributed by atoms with E-state index in [0.29, 0.717) is 26.1 Å². The predicted molar refractivity (Wildman–Crippen MR) is 68.1 cm³/mol. The molecule has 0 radical (unpaired) electrons. The Labute approximate surface area is 116 Å². The van der Waals surface area contributed by atoms with Gasteiger partial charge in [0.25, 0.3) is 0 Å². The van der Waals surface area contributed by atoms with E-state index >= 15 is 0 Å². The second-order valence-electron chi connectivity index (χ2n) is 5.48. The van der Waals surface area contributed by atoms with Crippen LogP contribution < -0.4 is 10.6 Å². The third kappa shape index (κ3) is 3.60. The molecular weight excluding hydrogens is 266 g/mol. The van der Waals surface area contributed by atoms with Gasteiger partial charge in [-0.3, -0.25) is 4.79 Å².